The summed E-state index contributed by atoms with van der Waals surface area (Å²) in [6.07, 6.45) is 0. The van der Waals surface area contributed by atoms with Gasteiger partial charge in [-0.15, -0.1) is 0 Å². The van der Waals surface area contributed by atoms with Gasteiger partial charge in [0.2, 0.25) is 0 Å². The predicted molar refractivity (Wildman–Crippen MR) is 65.2 cm³/mol. The third-order valence-corrected chi connectivity index (χ3v) is 2.78. The molecule has 0 aromatic heterocycles. The van der Waals surface area contributed by atoms with E-state index in [1.54, 1.807) is 0 Å². The highest BCUT2D eigenvalue weighted by Gasteiger charge is 2.00. The van der Waals surface area contributed by atoms with Crippen LogP contribution in [0.25, 0.3) is 0 Å². The van der Waals surface area contributed by atoms with Crippen molar-refractivity contribution in [2.75, 3.05) is 6.61 Å². The Hall–Kier alpha value is -1.16. The molecule has 0 aliphatic rings. The first kappa shape index (κ1) is 11.9. The van der Waals surface area contributed by atoms with Gasteiger partial charge in [0.25, 0.3) is 0 Å². The van der Waals surface area contributed by atoms with E-state index in [0.717, 1.165) is 11.3 Å². The first-order valence-electron chi connectivity index (χ1n) is 5.42. The summed E-state index contributed by atoms with van der Waals surface area (Å²) in [5.74, 6) is 0.928. The third-order valence-electron chi connectivity index (χ3n) is 1.94. The highest BCUT2D eigenvalue weighted by molar-refractivity contribution is 6.32. The molecule has 0 saturated heterocycles. The second-order valence-corrected chi connectivity index (χ2v) is 4.94. The van der Waals surface area contributed by atoms with Crippen LogP contribution in [0.5, 0.6) is 5.75 Å². The van der Waals surface area contributed by atoms with E-state index in [-0.39, 0.29) is 9.68 Å². The van der Waals surface area contributed by atoms with E-state index in [1.165, 1.54) is 6.04 Å². The van der Waals surface area contributed by atoms with Gasteiger partial charge in [-0.1, -0.05) is 25.1 Å². The van der Waals surface area contributed by atoms with E-state index in [9.17, 15) is 0 Å². The Morgan fingerprint density at radius 1 is 1.27 bits per heavy atom. The monoisotopic (exact) mass is 222 g/mol. The van der Waals surface area contributed by atoms with Crippen LogP contribution in [-0.2, 0) is 6.54 Å². The number of para-hydroxylation sites is 1. The zero-order valence-corrected chi connectivity index (χ0v) is 10.9. The maximum absolute atomic E-state index is 5.50. The van der Waals surface area contributed by atoms with E-state index in [1.807, 2.05) is 31.2 Å². The van der Waals surface area contributed by atoms with E-state index in [4.69, 9.17) is 4.74 Å². The molecule has 82 valence electrons. The number of ether oxygens (including phenoxy) is 1. The Morgan fingerprint density at radius 3 is 2.80 bits per heavy atom. The largest absolute Gasteiger partial charge is 0.494 e. The topological polar surface area (TPSA) is 34.0 Å². The molecule has 15 heavy (non-hydrogen) atoms. The number of hydrogen-bond donors (Lipinski definition) is 0. The van der Waals surface area contributed by atoms with E-state index >= 15 is 0 Å². The van der Waals surface area contributed by atoms with Gasteiger partial charge in [0.1, 0.15) is 5.75 Å². The van der Waals surface area contributed by atoms with Gasteiger partial charge in [-0.05, 0) is 19.0 Å². The summed E-state index contributed by atoms with van der Waals surface area (Å²) >= 11 is 0. The SMILES string of the molecule is CCOc1ccccc1CN=N[SiH2]CC. The Kier molecular flexibility index (Phi) is 5.69. The molecule has 0 N–H and O–H groups in total. The molecule has 0 unspecified atom stereocenters. The Morgan fingerprint density at radius 2 is 2.07 bits per heavy atom. The maximum Gasteiger partial charge on any atom is 0.178 e. The van der Waals surface area contributed by atoms with Crippen molar-refractivity contribution in [1.29, 1.82) is 0 Å². The summed E-state index contributed by atoms with van der Waals surface area (Å²) in [6.45, 7) is 5.47. The number of benzene rings is 1. The van der Waals surface area contributed by atoms with Crippen LogP contribution in [0.4, 0.5) is 0 Å². The van der Waals surface area contributed by atoms with Gasteiger partial charge < -0.3 is 4.74 Å². The molecule has 1 aromatic rings. The van der Waals surface area contributed by atoms with Crippen molar-refractivity contribution >= 4 is 9.68 Å². The number of nitrogens with zero attached hydrogens (tertiary/aromatic N) is 2. The Bertz CT molecular complexity index is 315. The van der Waals surface area contributed by atoms with E-state index < -0.39 is 0 Å². The first-order valence-corrected chi connectivity index (χ1v) is 7.05. The molecule has 4 heteroatoms. The van der Waals surface area contributed by atoms with Crippen molar-refractivity contribution in [3.63, 3.8) is 0 Å². The minimum absolute atomic E-state index is 0.300. The van der Waals surface area contributed by atoms with Crippen molar-refractivity contribution in [3.8, 4) is 5.75 Å². The standard InChI is InChI=1S/C11H18N2OSi/c1-3-14-11-8-6-5-7-10(11)9-12-13-15-4-2/h5-8H,3-4,9,15H2,1-2H3. The van der Waals surface area contributed by atoms with Crippen molar-refractivity contribution in [1.82, 2.24) is 0 Å². The third kappa shape index (κ3) is 4.25. The van der Waals surface area contributed by atoms with Crippen LogP contribution < -0.4 is 4.74 Å². The smallest absolute Gasteiger partial charge is 0.178 e. The van der Waals surface area contributed by atoms with Crippen LogP contribution in [0.2, 0.25) is 6.04 Å². The maximum atomic E-state index is 5.50. The fourth-order valence-corrected chi connectivity index (χ4v) is 1.67. The van der Waals surface area contributed by atoms with Gasteiger partial charge >= 0.3 is 0 Å². The van der Waals surface area contributed by atoms with Gasteiger partial charge in [0, 0.05) is 5.56 Å². The van der Waals surface area contributed by atoms with Gasteiger partial charge in [0.05, 0.1) is 13.2 Å². The van der Waals surface area contributed by atoms with Crippen LogP contribution in [0, 0.1) is 0 Å². The fourth-order valence-electron chi connectivity index (χ4n) is 1.23. The van der Waals surface area contributed by atoms with Crippen LogP contribution in [-0.4, -0.2) is 16.3 Å². The molecule has 0 atom stereocenters. The molecule has 0 fully saturated rings. The van der Waals surface area contributed by atoms with Crippen molar-refractivity contribution in [2.24, 2.45) is 9.89 Å². The Balaban J connectivity index is 2.58. The second kappa shape index (κ2) is 7.17. The molecule has 1 rings (SSSR count). The molecular formula is C11H18N2OSi. The summed E-state index contributed by atoms with van der Waals surface area (Å²) in [5, 5.41) is 4.18. The van der Waals surface area contributed by atoms with Crippen molar-refractivity contribution in [2.45, 2.75) is 26.4 Å². The second-order valence-electron chi connectivity index (χ2n) is 3.21. The number of hydrogen-bond acceptors (Lipinski definition) is 3. The molecule has 0 radical (unpaired) electrons. The predicted octanol–water partition coefficient (Wildman–Crippen LogP) is 2.56. The lowest BCUT2D eigenvalue weighted by Crippen LogP contribution is -1.95. The number of rotatable bonds is 6. The molecule has 0 spiro atoms. The molecule has 3 nitrogen and oxygen atoms in total. The van der Waals surface area contributed by atoms with Crippen LogP contribution in [0.15, 0.2) is 34.2 Å². The normalized spacial score (nSPS) is 11.6. The lowest BCUT2D eigenvalue weighted by atomic mass is 10.2. The van der Waals surface area contributed by atoms with E-state index in [2.05, 4.69) is 16.8 Å². The van der Waals surface area contributed by atoms with Gasteiger partial charge in [-0.2, -0.15) is 0 Å². The van der Waals surface area contributed by atoms with Crippen LogP contribution in [0.1, 0.15) is 19.4 Å². The summed E-state index contributed by atoms with van der Waals surface area (Å²) in [6, 6.07) is 9.18. The molecule has 1 aromatic carbocycles. The van der Waals surface area contributed by atoms with Gasteiger partial charge in [-0.3, -0.25) is 0 Å². The highest BCUT2D eigenvalue weighted by Crippen LogP contribution is 2.18. The van der Waals surface area contributed by atoms with Crippen molar-refractivity contribution in [3.05, 3.63) is 29.8 Å². The molecule has 0 saturated carbocycles. The first-order chi connectivity index (χ1) is 7.38. The zero-order chi connectivity index (χ0) is 10.9. The quantitative estimate of drug-likeness (QED) is 0.538. The summed E-state index contributed by atoms with van der Waals surface area (Å²) in [5.41, 5.74) is 1.12. The fraction of sp³-hybridized carbons (Fsp3) is 0.455. The molecular weight excluding hydrogens is 204 g/mol. The molecule has 0 amide bonds. The van der Waals surface area contributed by atoms with Gasteiger partial charge in [0.15, 0.2) is 9.68 Å². The van der Waals surface area contributed by atoms with Gasteiger partial charge in [-0.25, -0.2) is 9.89 Å². The minimum atomic E-state index is -0.300. The lowest BCUT2D eigenvalue weighted by molar-refractivity contribution is 0.336. The minimum Gasteiger partial charge on any atom is -0.494 e. The van der Waals surface area contributed by atoms with Crippen molar-refractivity contribution < 1.29 is 4.74 Å². The summed E-state index contributed by atoms with van der Waals surface area (Å²) in [7, 11) is -0.300. The molecule has 0 bridgehead atoms. The van der Waals surface area contributed by atoms with Crippen LogP contribution >= 0.6 is 0 Å². The van der Waals surface area contributed by atoms with Crippen LogP contribution in [0.3, 0.4) is 0 Å². The lowest BCUT2D eigenvalue weighted by Gasteiger charge is -2.06. The van der Waals surface area contributed by atoms with E-state index in [0.29, 0.717) is 13.2 Å². The summed E-state index contributed by atoms with van der Waals surface area (Å²) in [4.78, 5) is 0. The average Bonchev–Trinajstić information content (AvgIpc) is 2.27. The molecule has 0 aliphatic carbocycles. The highest BCUT2D eigenvalue weighted by atomic mass is 28.2. The molecule has 0 aliphatic heterocycles. The zero-order valence-electron chi connectivity index (χ0n) is 9.44. The Labute approximate surface area is 93.5 Å². The molecule has 0 heterocycles. The summed E-state index contributed by atoms with van der Waals surface area (Å²) < 4.78 is 9.70. The average molecular weight is 222 g/mol.